The molecule has 0 saturated heterocycles. The number of hydrogen-bond donors (Lipinski definition) is 1. The van der Waals surface area contributed by atoms with Crippen molar-refractivity contribution >= 4 is 26.8 Å². The molecule has 3 rings (SSSR count). The Kier molecular flexibility index (Phi) is 3.87. The summed E-state index contributed by atoms with van der Waals surface area (Å²) in [7, 11) is -3.87. The topological polar surface area (TPSA) is 105 Å². The van der Waals surface area contributed by atoms with Gasteiger partial charge in [0.2, 0.25) is 0 Å². The Morgan fingerprint density at radius 1 is 1.25 bits per heavy atom. The number of anilines is 1. The predicted molar refractivity (Wildman–Crippen MR) is 88.1 cm³/mol. The number of hydrogen-bond acceptors (Lipinski definition) is 5. The first kappa shape index (κ1) is 15.8. The molecule has 0 amide bonds. The lowest BCUT2D eigenvalue weighted by molar-refractivity contribution is 0.512. The van der Waals surface area contributed by atoms with Gasteiger partial charge in [-0.3, -0.25) is 9.29 Å². The lowest BCUT2D eigenvalue weighted by atomic mass is 10.2. The first-order chi connectivity index (χ1) is 11.4. The van der Waals surface area contributed by atoms with Crippen LogP contribution in [0.5, 0.6) is 0 Å². The predicted octanol–water partition coefficient (Wildman–Crippen LogP) is 2.29. The summed E-state index contributed by atoms with van der Waals surface area (Å²) >= 11 is 0. The number of aryl methyl sites for hydroxylation is 1. The normalized spacial score (nSPS) is 11.3. The van der Waals surface area contributed by atoms with E-state index < -0.39 is 15.8 Å². The van der Waals surface area contributed by atoms with Gasteiger partial charge in [-0.15, -0.1) is 0 Å². The number of benzene rings is 2. The minimum Gasteiger partial charge on any atom is -0.408 e. The van der Waals surface area contributed by atoms with Crippen LogP contribution < -0.4 is 10.5 Å². The van der Waals surface area contributed by atoms with Crippen LogP contribution in [0, 0.1) is 11.3 Å². The Labute approximate surface area is 137 Å². The van der Waals surface area contributed by atoms with Crippen LogP contribution in [0.1, 0.15) is 12.5 Å². The number of aromatic nitrogens is 1. The summed E-state index contributed by atoms with van der Waals surface area (Å²) in [5.41, 5.74) is 1.36. The number of nitriles is 1. The Hall–Kier alpha value is -3.05. The molecule has 1 heterocycles. The minimum absolute atomic E-state index is 0.0330. The monoisotopic (exact) mass is 343 g/mol. The standard InChI is InChI=1S/C16H13N3O4S/c1-2-19-14-7-6-13(9-15(14)23-16(19)20)24(21,22)18-12-5-3-4-11(8-12)10-17/h3-9,18H,2H2,1H3. The molecule has 0 saturated carbocycles. The molecule has 0 radical (unpaired) electrons. The molecule has 0 aliphatic rings. The van der Waals surface area contributed by atoms with Gasteiger partial charge in [-0.1, -0.05) is 6.07 Å². The summed E-state index contributed by atoms with van der Waals surface area (Å²) in [6.07, 6.45) is 0. The van der Waals surface area contributed by atoms with Crippen molar-refractivity contribution in [1.82, 2.24) is 4.57 Å². The molecule has 1 N–H and O–H groups in total. The third-order valence-electron chi connectivity index (χ3n) is 3.51. The van der Waals surface area contributed by atoms with Crippen molar-refractivity contribution in [3.8, 4) is 6.07 Å². The zero-order valence-corrected chi connectivity index (χ0v) is 13.5. The third-order valence-corrected chi connectivity index (χ3v) is 4.89. The van der Waals surface area contributed by atoms with Gasteiger partial charge in [0.25, 0.3) is 10.0 Å². The lowest BCUT2D eigenvalue weighted by Gasteiger charge is -2.08. The van der Waals surface area contributed by atoms with Gasteiger partial charge in [0.1, 0.15) is 0 Å². The molecule has 0 unspecified atom stereocenters. The zero-order valence-electron chi connectivity index (χ0n) is 12.7. The minimum atomic E-state index is -3.87. The highest BCUT2D eigenvalue weighted by atomic mass is 32.2. The van der Waals surface area contributed by atoms with Gasteiger partial charge in [0.15, 0.2) is 5.58 Å². The SMILES string of the molecule is CCn1c(=O)oc2cc(S(=O)(=O)Nc3cccc(C#N)c3)ccc21. The molecule has 0 bridgehead atoms. The van der Waals surface area contributed by atoms with Gasteiger partial charge in [-0.25, -0.2) is 13.2 Å². The highest BCUT2D eigenvalue weighted by Gasteiger charge is 2.17. The smallest absolute Gasteiger partial charge is 0.408 e. The van der Waals surface area contributed by atoms with E-state index in [1.165, 1.54) is 28.8 Å². The van der Waals surface area contributed by atoms with E-state index in [2.05, 4.69) is 4.72 Å². The molecule has 24 heavy (non-hydrogen) atoms. The third kappa shape index (κ3) is 2.77. The van der Waals surface area contributed by atoms with Crippen molar-refractivity contribution in [3.05, 3.63) is 58.6 Å². The van der Waals surface area contributed by atoms with E-state index in [4.69, 9.17) is 9.68 Å². The molecule has 0 spiro atoms. The van der Waals surface area contributed by atoms with E-state index in [0.717, 1.165) is 0 Å². The number of rotatable bonds is 4. The average Bonchev–Trinajstić information content (AvgIpc) is 2.88. The largest absolute Gasteiger partial charge is 0.419 e. The summed E-state index contributed by atoms with van der Waals surface area (Å²) in [6.45, 7) is 2.22. The molecule has 7 nitrogen and oxygen atoms in total. The summed E-state index contributed by atoms with van der Waals surface area (Å²) in [6, 6.07) is 12.3. The van der Waals surface area contributed by atoms with Gasteiger partial charge in [0.05, 0.1) is 27.7 Å². The van der Waals surface area contributed by atoms with Gasteiger partial charge >= 0.3 is 5.76 Å². The van der Waals surface area contributed by atoms with Crippen LogP contribution >= 0.6 is 0 Å². The number of fused-ring (bicyclic) bond motifs is 1. The second kappa shape index (κ2) is 5.86. The zero-order chi connectivity index (χ0) is 17.3. The van der Waals surface area contributed by atoms with E-state index in [0.29, 0.717) is 17.6 Å². The molecule has 2 aromatic carbocycles. The van der Waals surface area contributed by atoms with Crippen LogP contribution in [-0.4, -0.2) is 13.0 Å². The first-order valence-corrected chi connectivity index (χ1v) is 8.59. The molecule has 3 aromatic rings. The van der Waals surface area contributed by atoms with Crippen LogP contribution in [0.15, 0.2) is 56.6 Å². The van der Waals surface area contributed by atoms with E-state index in [1.54, 1.807) is 25.1 Å². The van der Waals surface area contributed by atoms with Crippen molar-refractivity contribution in [2.45, 2.75) is 18.4 Å². The van der Waals surface area contributed by atoms with Crippen molar-refractivity contribution in [2.24, 2.45) is 0 Å². The number of nitrogens with zero attached hydrogens (tertiary/aromatic N) is 2. The molecule has 0 fully saturated rings. The second-order valence-corrected chi connectivity index (χ2v) is 6.72. The van der Waals surface area contributed by atoms with Crippen molar-refractivity contribution < 1.29 is 12.8 Å². The van der Waals surface area contributed by atoms with E-state index >= 15 is 0 Å². The van der Waals surface area contributed by atoms with E-state index in [1.807, 2.05) is 6.07 Å². The fourth-order valence-electron chi connectivity index (χ4n) is 2.38. The molecule has 0 aliphatic carbocycles. The number of oxazole rings is 1. The summed E-state index contributed by atoms with van der Waals surface area (Å²) in [5, 5.41) is 8.88. The van der Waals surface area contributed by atoms with E-state index in [9.17, 15) is 13.2 Å². The number of sulfonamides is 1. The molecule has 0 aliphatic heterocycles. The van der Waals surface area contributed by atoms with Crippen molar-refractivity contribution in [2.75, 3.05) is 4.72 Å². The second-order valence-electron chi connectivity index (χ2n) is 5.04. The van der Waals surface area contributed by atoms with E-state index in [-0.39, 0.29) is 16.2 Å². The Morgan fingerprint density at radius 3 is 2.75 bits per heavy atom. The Morgan fingerprint density at radius 2 is 2.04 bits per heavy atom. The van der Waals surface area contributed by atoms with Crippen LogP contribution in [0.3, 0.4) is 0 Å². The lowest BCUT2D eigenvalue weighted by Crippen LogP contribution is -2.13. The van der Waals surface area contributed by atoms with Crippen molar-refractivity contribution in [3.63, 3.8) is 0 Å². The first-order valence-electron chi connectivity index (χ1n) is 7.11. The van der Waals surface area contributed by atoms with Crippen LogP contribution in [0.25, 0.3) is 11.1 Å². The van der Waals surface area contributed by atoms with Gasteiger partial charge in [-0.2, -0.15) is 5.26 Å². The maximum atomic E-state index is 12.5. The molecule has 1 aromatic heterocycles. The molecule has 8 heteroatoms. The Balaban J connectivity index is 2.02. The molecular weight excluding hydrogens is 330 g/mol. The average molecular weight is 343 g/mol. The van der Waals surface area contributed by atoms with Gasteiger partial charge < -0.3 is 4.42 Å². The quantitative estimate of drug-likeness (QED) is 0.782. The van der Waals surface area contributed by atoms with Gasteiger partial charge in [-0.05, 0) is 37.3 Å². The Bertz CT molecular complexity index is 1120. The summed E-state index contributed by atoms with van der Waals surface area (Å²) < 4.78 is 33.9. The van der Waals surface area contributed by atoms with Crippen molar-refractivity contribution in [1.29, 1.82) is 5.26 Å². The molecule has 122 valence electrons. The maximum Gasteiger partial charge on any atom is 0.419 e. The fourth-order valence-corrected chi connectivity index (χ4v) is 3.44. The highest BCUT2D eigenvalue weighted by Crippen LogP contribution is 2.21. The highest BCUT2D eigenvalue weighted by molar-refractivity contribution is 7.92. The molecular formula is C16H13N3O4S. The van der Waals surface area contributed by atoms with Crippen LogP contribution in [0.4, 0.5) is 5.69 Å². The summed E-state index contributed by atoms with van der Waals surface area (Å²) in [4.78, 5) is 11.7. The number of nitrogens with one attached hydrogen (secondary N) is 1. The van der Waals surface area contributed by atoms with Crippen LogP contribution in [0.2, 0.25) is 0 Å². The fraction of sp³-hybridized carbons (Fsp3) is 0.125. The summed E-state index contributed by atoms with van der Waals surface area (Å²) in [5.74, 6) is -0.531. The molecule has 0 atom stereocenters. The maximum absolute atomic E-state index is 12.5. The van der Waals surface area contributed by atoms with Crippen LogP contribution in [-0.2, 0) is 16.6 Å². The van der Waals surface area contributed by atoms with Gasteiger partial charge in [0, 0.05) is 12.6 Å².